The number of benzene rings is 2. The summed E-state index contributed by atoms with van der Waals surface area (Å²) >= 11 is 24.4. The van der Waals surface area contributed by atoms with Gasteiger partial charge in [0.2, 0.25) is 0 Å². The van der Waals surface area contributed by atoms with Crippen LogP contribution in [0.1, 0.15) is 62.5 Å². The molecule has 0 aromatic heterocycles. The Morgan fingerprint density at radius 1 is 0.676 bits per heavy atom. The fourth-order valence-corrected chi connectivity index (χ4v) is 8.30. The van der Waals surface area contributed by atoms with E-state index in [2.05, 4.69) is 33.4 Å². The van der Waals surface area contributed by atoms with E-state index in [4.69, 9.17) is 47.6 Å². The summed E-state index contributed by atoms with van der Waals surface area (Å²) < 4.78 is 0. The molecule has 4 aliphatic rings. The topological polar surface area (TPSA) is 48.1 Å². The Bertz CT molecular complexity index is 1110. The second kappa shape index (κ2) is 10.9. The maximum Gasteiger partial charge on any atom is 0.171 e. The largest absolute Gasteiger partial charge is 0.359 e. The lowest BCUT2D eigenvalue weighted by molar-refractivity contribution is 0.392. The summed E-state index contributed by atoms with van der Waals surface area (Å²) in [6.07, 6.45) is 11.3. The van der Waals surface area contributed by atoms with Crippen LogP contribution in [0.4, 0.5) is 11.4 Å². The van der Waals surface area contributed by atoms with Crippen molar-refractivity contribution in [2.24, 2.45) is 23.7 Å². The van der Waals surface area contributed by atoms with E-state index in [1.165, 1.54) is 51.4 Å². The number of hydrogen-bond acceptors (Lipinski definition) is 2. The molecular weight excluding hydrogens is 539 g/mol. The van der Waals surface area contributed by atoms with E-state index in [0.717, 1.165) is 52.6 Å². The van der Waals surface area contributed by atoms with Crippen molar-refractivity contribution in [3.8, 4) is 0 Å². The lowest BCUT2D eigenvalue weighted by Gasteiger charge is -2.25. The second-order valence-corrected chi connectivity index (χ2v) is 13.2. The number of anilines is 2. The van der Waals surface area contributed by atoms with Crippen molar-refractivity contribution in [2.45, 2.75) is 69.9 Å². The van der Waals surface area contributed by atoms with Crippen LogP contribution in [0.15, 0.2) is 36.4 Å². The van der Waals surface area contributed by atoms with E-state index in [-0.39, 0.29) is 0 Å². The molecule has 0 heterocycles. The van der Waals surface area contributed by atoms with Crippen molar-refractivity contribution in [3.05, 3.63) is 57.6 Å². The number of halogens is 2. The minimum absolute atomic E-state index is 0.502. The Labute approximate surface area is 240 Å². The zero-order valence-corrected chi connectivity index (χ0v) is 24.0. The van der Waals surface area contributed by atoms with Gasteiger partial charge in [0, 0.05) is 12.1 Å². The third-order valence-electron chi connectivity index (χ3n) is 9.08. The Morgan fingerprint density at radius 2 is 1.14 bits per heavy atom. The van der Waals surface area contributed by atoms with Gasteiger partial charge in [-0.15, -0.1) is 0 Å². The van der Waals surface area contributed by atoms with Gasteiger partial charge in [0.05, 0.1) is 21.4 Å². The zero-order valence-electron chi connectivity index (χ0n) is 20.9. The molecule has 0 unspecified atom stereocenters. The van der Waals surface area contributed by atoms with Crippen molar-refractivity contribution in [2.75, 3.05) is 10.6 Å². The van der Waals surface area contributed by atoms with E-state index in [9.17, 15) is 0 Å². The number of hydrogen-bond donors (Lipinski definition) is 4. The fraction of sp³-hybridized carbons (Fsp3) is 0.517. The van der Waals surface area contributed by atoms with Crippen LogP contribution in [0.3, 0.4) is 0 Å². The van der Waals surface area contributed by atoms with E-state index >= 15 is 0 Å². The Hall–Kier alpha value is -1.60. The van der Waals surface area contributed by atoms with Gasteiger partial charge in [-0.25, -0.2) is 0 Å². The molecule has 0 saturated heterocycles. The SMILES string of the molecule is S=C(Nc1ccc(Cc2ccc(NC(=S)N[C@@H]3C[C@H]4CC[C@H]3C4)c(Cl)c2)cc1Cl)N[C@@H]1C[C@H]2CC[C@H]1C2. The van der Waals surface area contributed by atoms with Gasteiger partial charge in [-0.05, 0) is 128 Å². The predicted molar refractivity (Wildman–Crippen MR) is 163 cm³/mol. The lowest BCUT2D eigenvalue weighted by atomic mass is 9.95. The van der Waals surface area contributed by atoms with Gasteiger partial charge in [0.25, 0.3) is 0 Å². The highest BCUT2D eigenvalue weighted by atomic mass is 35.5. The molecule has 196 valence electrons. The van der Waals surface area contributed by atoms with Crippen LogP contribution in [0, 0.1) is 23.7 Å². The Kier molecular flexibility index (Phi) is 7.54. The number of fused-ring (bicyclic) bond motifs is 4. The number of nitrogens with one attached hydrogen (secondary N) is 4. The normalized spacial score (nSPS) is 29.4. The minimum Gasteiger partial charge on any atom is -0.359 e. The van der Waals surface area contributed by atoms with Crippen LogP contribution in [-0.4, -0.2) is 22.3 Å². The quantitative estimate of drug-likeness (QED) is 0.268. The van der Waals surface area contributed by atoms with E-state index < -0.39 is 0 Å². The highest BCUT2D eigenvalue weighted by molar-refractivity contribution is 7.80. The molecule has 4 nitrogen and oxygen atoms in total. The molecule has 0 radical (unpaired) electrons. The molecule has 8 heteroatoms. The first-order valence-electron chi connectivity index (χ1n) is 13.6. The van der Waals surface area contributed by atoms with Crippen molar-refractivity contribution in [3.63, 3.8) is 0 Å². The summed E-state index contributed by atoms with van der Waals surface area (Å²) in [5.74, 6) is 3.30. The molecule has 6 rings (SSSR count). The van der Waals surface area contributed by atoms with Crippen molar-refractivity contribution >= 4 is 69.2 Å². The van der Waals surface area contributed by atoms with Crippen molar-refractivity contribution in [1.29, 1.82) is 0 Å². The molecule has 0 amide bonds. The minimum atomic E-state index is 0.502. The van der Waals surface area contributed by atoms with Crippen molar-refractivity contribution < 1.29 is 0 Å². The van der Waals surface area contributed by atoms with E-state index in [0.29, 0.717) is 32.4 Å². The summed E-state index contributed by atoms with van der Waals surface area (Å²) in [6.45, 7) is 0. The van der Waals surface area contributed by atoms with Gasteiger partial charge in [0.1, 0.15) is 0 Å². The summed E-state index contributed by atoms with van der Waals surface area (Å²) in [7, 11) is 0. The number of thiocarbonyl (C=S) groups is 2. The molecular formula is C29H34Cl2N4S2. The van der Waals surface area contributed by atoms with Gasteiger partial charge >= 0.3 is 0 Å². The fourth-order valence-electron chi connectivity index (χ4n) is 7.27. The Balaban J connectivity index is 1.02. The molecule has 4 bridgehead atoms. The van der Waals surface area contributed by atoms with Crippen LogP contribution >= 0.6 is 47.6 Å². The summed E-state index contributed by atoms with van der Waals surface area (Å²) in [5.41, 5.74) is 3.90. The first-order chi connectivity index (χ1) is 17.9. The van der Waals surface area contributed by atoms with Crippen LogP contribution < -0.4 is 21.3 Å². The molecule has 4 fully saturated rings. The second-order valence-electron chi connectivity index (χ2n) is 11.6. The molecule has 37 heavy (non-hydrogen) atoms. The molecule has 0 spiro atoms. The molecule has 2 aromatic rings. The monoisotopic (exact) mass is 572 g/mol. The first-order valence-corrected chi connectivity index (χ1v) is 15.2. The molecule has 6 atom stereocenters. The first kappa shape index (κ1) is 25.7. The lowest BCUT2D eigenvalue weighted by Crippen LogP contribution is -2.40. The van der Waals surface area contributed by atoms with Crippen LogP contribution in [0.5, 0.6) is 0 Å². The summed E-state index contributed by atoms with van der Waals surface area (Å²) in [4.78, 5) is 0. The molecule has 4 N–H and O–H groups in total. The maximum absolute atomic E-state index is 6.62. The third kappa shape index (κ3) is 5.88. The third-order valence-corrected chi connectivity index (χ3v) is 10.1. The smallest absolute Gasteiger partial charge is 0.171 e. The predicted octanol–water partition coefficient (Wildman–Crippen LogP) is 7.53. The number of rotatable bonds is 6. The highest BCUT2D eigenvalue weighted by Gasteiger charge is 2.40. The van der Waals surface area contributed by atoms with Gasteiger partial charge in [-0.3, -0.25) is 0 Å². The zero-order chi connectivity index (χ0) is 25.5. The summed E-state index contributed by atoms with van der Waals surface area (Å²) in [5, 5.41) is 16.3. The van der Waals surface area contributed by atoms with Crippen LogP contribution in [0.2, 0.25) is 10.0 Å². The molecule has 2 aromatic carbocycles. The van der Waals surface area contributed by atoms with Gasteiger partial charge in [-0.1, -0.05) is 48.2 Å². The average molecular weight is 574 g/mol. The molecule has 0 aliphatic heterocycles. The van der Waals surface area contributed by atoms with Crippen LogP contribution in [-0.2, 0) is 6.42 Å². The van der Waals surface area contributed by atoms with E-state index in [1.807, 2.05) is 24.3 Å². The van der Waals surface area contributed by atoms with Crippen molar-refractivity contribution in [1.82, 2.24) is 10.6 Å². The average Bonchev–Trinajstić information content (AvgIpc) is 3.65. The van der Waals surface area contributed by atoms with Gasteiger partial charge in [-0.2, -0.15) is 0 Å². The van der Waals surface area contributed by atoms with Crippen LogP contribution in [0.25, 0.3) is 0 Å². The standard InChI is InChI=1S/C29H34Cl2N4S2/c30-22-12-16(3-7-24(22)32-28(36)34-26-14-18-1-5-20(26)10-18)9-17-4-8-25(23(31)13-17)33-29(37)35-27-15-19-2-6-21(27)11-19/h3-4,7-8,12-13,18-21,26-27H,1-2,5-6,9-11,14-15H2,(H2,32,34,36)(H2,33,35,37)/t18-,19-,20-,21-,26+,27+/m0/s1. The van der Waals surface area contributed by atoms with Gasteiger partial charge in [0.15, 0.2) is 10.2 Å². The summed E-state index contributed by atoms with van der Waals surface area (Å²) in [6, 6.07) is 13.2. The molecule has 4 saturated carbocycles. The highest BCUT2D eigenvalue weighted by Crippen LogP contribution is 2.45. The van der Waals surface area contributed by atoms with E-state index in [1.54, 1.807) is 0 Å². The Morgan fingerprint density at radius 3 is 1.49 bits per heavy atom. The van der Waals surface area contributed by atoms with Gasteiger partial charge < -0.3 is 21.3 Å². The molecule has 4 aliphatic carbocycles. The maximum atomic E-state index is 6.62.